The van der Waals surface area contributed by atoms with E-state index in [9.17, 15) is 0 Å². The van der Waals surface area contributed by atoms with E-state index < -0.39 is 0 Å². The maximum Gasteiger partial charge on any atom is 0.174 e. The number of nitrogens with zero attached hydrogens (tertiary/aromatic N) is 5. The molecule has 1 aliphatic rings. The van der Waals surface area contributed by atoms with Gasteiger partial charge in [-0.1, -0.05) is 0 Å². The van der Waals surface area contributed by atoms with Gasteiger partial charge in [0.1, 0.15) is 5.82 Å². The number of hydrogen-bond acceptors (Lipinski definition) is 4. The SMILES string of the molecule is Cc1cc(C)n(-c2cncc(N3CCCC3)n2)n1. The molecule has 0 aromatic carbocycles. The van der Waals surface area contributed by atoms with Crippen LogP contribution in [0.4, 0.5) is 5.82 Å². The molecule has 3 heterocycles. The van der Waals surface area contributed by atoms with Crippen molar-refractivity contribution in [2.24, 2.45) is 0 Å². The highest BCUT2D eigenvalue weighted by Crippen LogP contribution is 2.18. The Morgan fingerprint density at radius 1 is 1.06 bits per heavy atom. The zero-order valence-electron chi connectivity index (χ0n) is 10.8. The van der Waals surface area contributed by atoms with Crippen LogP contribution in [0.25, 0.3) is 5.82 Å². The van der Waals surface area contributed by atoms with E-state index in [1.54, 1.807) is 6.20 Å². The quantitative estimate of drug-likeness (QED) is 0.808. The Hall–Kier alpha value is -1.91. The van der Waals surface area contributed by atoms with E-state index in [0.29, 0.717) is 0 Å². The summed E-state index contributed by atoms with van der Waals surface area (Å²) in [5.74, 6) is 1.75. The van der Waals surface area contributed by atoms with Gasteiger partial charge in [0.25, 0.3) is 0 Å². The smallest absolute Gasteiger partial charge is 0.174 e. The van der Waals surface area contributed by atoms with Crippen LogP contribution in [0, 0.1) is 13.8 Å². The first-order valence-electron chi connectivity index (χ1n) is 6.35. The Balaban J connectivity index is 1.97. The van der Waals surface area contributed by atoms with Crippen molar-refractivity contribution in [3.05, 3.63) is 29.8 Å². The molecule has 0 saturated carbocycles. The Bertz CT molecular complexity index is 554. The summed E-state index contributed by atoms with van der Waals surface area (Å²) in [7, 11) is 0. The van der Waals surface area contributed by atoms with E-state index in [2.05, 4.69) is 20.0 Å². The van der Waals surface area contributed by atoms with Gasteiger partial charge in [-0.25, -0.2) is 9.67 Å². The monoisotopic (exact) mass is 243 g/mol. The van der Waals surface area contributed by atoms with Crippen LogP contribution in [0.3, 0.4) is 0 Å². The van der Waals surface area contributed by atoms with Crippen molar-refractivity contribution in [3.63, 3.8) is 0 Å². The zero-order chi connectivity index (χ0) is 12.5. The normalized spacial score (nSPS) is 15.3. The van der Waals surface area contributed by atoms with Crippen LogP contribution in [-0.4, -0.2) is 32.8 Å². The van der Waals surface area contributed by atoms with Gasteiger partial charge in [-0.15, -0.1) is 0 Å². The van der Waals surface area contributed by atoms with Crippen molar-refractivity contribution in [2.75, 3.05) is 18.0 Å². The van der Waals surface area contributed by atoms with Crippen LogP contribution in [0.15, 0.2) is 18.5 Å². The second-order valence-corrected chi connectivity index (χ2v) is 4.77. The number of anilines is 1. The van der Waals surface area contributed by atoms with Gasteiger partial charge in [-0.3, -0.25) is 4.98 Å². The lowest BCUT2D eigenvalue weighted by molar-refractivity contribution is 0.791. The fraction of sp³-hybridized carbons (Fsp3) is 0.462. The van der Waals surface area contributed by atoms with Crippen LogP contribution in [0.5, 0.6) is 0 Å². The standard InChI is InChI=1S/C13H17N5/c1-10-7-11(2)18(16-10)13-9-14-8-12(15-13)17-5-3-4-6-17/h7-9H,3-6H2,1-2H3. The molecule has 18 heavy (non-hydrogen) atoms. The Morgan fingerprint density at radius 3 is 2.44 bits per heavy atom. The predicted octanol–water partition coefficient (Wildman–Crippen LogP) is 1.88. The second-order valence-electron chi connectivity index (χ2n) is 4.77. The molecule has 0 aliphatic carbocycles. The van der Waals surface area contributed by atoms with Crippen molar-refractivity contribution in [1.82, 2.24) is 19.7 Å². The van der Waals surface area contributed by atoms with Crippen molar-refractivity contribution in [3.8, 4) is 5.82 Å². The minimum absolute atomic E-state index is 0.796. The molecule has 0 unspecified atom stereocenters. The molecule has 2 aromatic rings. The molecule has 0 radical (unpaired) electrons. The number of rotatable bonds is 2. The van der Waals surface area contributed by atoms with Crippen LogP contribution in [0.1, 0.15) is 24.2 Å². The first-order chi connectivity index (χ1) is 8.74. The fourth-order valence-electron chi connectivity index (χ4n) is 2.41. The summed E-state index contributed by atoms with van der Waals surface area (Å²) in [4.78, 5) is 11.2. The predicted molar refractivity (Wildman–Crippen MR) is 70.1 cm³/mol. The molecule has 94 valence electrons. The molecule has 5 nitrogen and oxygen atoms in total. The van der Waals surface area contributed by atoms with Gasteiger partial charge < -0.3 is 4.90 Å². The molecule has 1 fully saturated rings. The maximum absolute atomic E-state index is 4.66. The van der Waals surface area contributed by atoms with Gasteiger partial charge >= 0.3 is 0 Å². The molecule has 0 N–H and O–H groups in total. The molecule has 1 saturated heterocycles. The average molecular weight is 243 g/mol. The molecule has 0 bridgehead atoms. The molecule has 2 aromatic heterocycles. The molecular weight excluding hydrogens is 226 g/mol. The largest absolute Gasteiger partial charge is 0.355 e. The highest BCUT2D eigenvalue weighted by atomic mass is 15.3. The summed E-state index contributed by atoms with van der Waals surface area (Å²) in [6.07, 6.45) is 6.08. The molecule has 1 aliphatic heterocycles. The highest BCUT2D eigenvalue weighted by Gasteiger charge is 2.15. The Kier molecular flexibility index (Phi) is 2.74. The third kappa shape index (κ3) is 1.96. The minimum Gasteiger partial charge on any atom is -0.355 e. The summed E-state index contributed by atoms with van der Waals surface area (Å²) in [6, 6.07) is 2.05. The lowest BCUT2D eigenvalue weighted by atomic mass is 10.4. The summed E-state index contributed by atoms with van der Waals surface area (Å²) >= 11 is 0. The van der Waals surface area contributed by atoms with E-state index in [1.165, 1.54) is 12.8 Å². The lowest BCUT2D eigenvalue weighted by Crippen LogP contribution is -2.20. The lowest BCUT2D eigenvalue weighted by Gasteiger charge is -2.16. The topological polar surface area (TPSA) is 46.8 Å². The van der Waals surface area contributed by atoms with E-state index in [1.807, 2.05) is 30.8 Å². The van der Waals surface area contributed by atoms with Gasteiger partial charge in [0, 0.05) is 18.8 Å². The van der Waals surface area contributed by atoms with Crippen LogP contribution in [-0.2, 0) is 0 Å². The van der Waals surface area contributed by atoms with Gasteiger partial charge in [0.15, 0.2) is 5.82 Å². The van der Waals surface area contributed by atoms with E-state index in [0.717, 1.165) is 36.1 Å². The van der Waals surface area contributed by atoms with Crippen LogP contribution >= 0.6 is 0 Å². The first-order valence-corrected chi connectivity index (χ1v) is 6.35. The van der Waals surface area contributed by atoms with E-state index >= 15 is 0 Å². The van der Waals surface area contributed by atoms with Gasteiger partial charge in [0.05, 0.1) is 18.1 Å². The molecule has 0 amide bonds. The third-order valence-electron chi connectivity index (χ3n) is 3.27. The van der Waals surface area contributed by atoms with E-state index in [4.69, 9.17) is 0 Å². The number of hydrogen-bond donors (Lipinski definition) is 0. The highest BCUT2D eigenvalue weighted by molar-refractivity contribution is 5.40. The van der Waals surface area contributed by atoms with Crippen molar-refractivity contribution >= 4 is 5.82 Å². The van der Waals surface area contributed by atoms with Crippen LogP contribution in [0.2, 0.25) is 0 Å². The Labute approximate surface area is 106 Å². The summed E-state index contributed by atoms with van der Waals surface area (Å²) < 4.78 is 1.85. The number of aromatic nitrogens is 4. The maximum atomic E-state index is 4.66. The third-order valence-corrected chi connectivity index (χ3v) is 3.27. The summed E-state index contributed by atoms with van der Waals surface area (Å²) in [5, 5.41) is 4.44. The van der Waals surface area contributed by atoms with Gasteiger partial charge in [-0.05, 0) is 32.8 Å². The van der Waals surface area contributed by atoms with Crippen molar-refractivity contribution in [1.29, 1.82) is 0 Å². The molecular formula is C13H17N5. The van der Waals surface area contributed by atoms with Crippen LogP contribution < -0.4 is 4.90 Å². The molecule has 0 atom stereocenters. The summed E-state index contributed by atoms with van der Waals surface area (Å²) in [5.41, 5.74) is 2.08. The van der Waals surface area contributed by atoms with Gasteiger partial charge in [-0.2, -0.15) is 5.10 Å². The number of aryl methyl sites for hydroxylation is 2. The average Bonchev–Trinajstić information content (AvgIpc) is 2.99. The van der Waals surface area contributed by atoms with Gasteiger partial charge in [0.2, 0.25) is 0 Å². The first kappa shape index (κ1) is 11.2. The van der Waals surface area contributed by atoms with Crippen molar-refractivity contribution < 1.29 is 0 Å². The molecule has 3 rings (SSSR count). The van der Waals surface area contributed by atoms with Crippen molar-refractivity contribution in [2.45, 2.75) is 26.7 Å². The molecule has 0 spiro atoms. The summed E-state index contributed by atoms with van der Waals surface area (Å²) in [6.45, 7) is 6.18. The Morgan fingerprint density at radius 2 is 1.78 bits per heavy atom. The fourth-order valence-corrected chi connectivity index (χ4v) is 2.41. The zero-order valence-corrected chi connectivity index (χ0v) is 10.8. The molecule has 5 heteroatoms. The minimum atomic E-state index is 0.796. The van der Waals surface area contributed by atoms with E-state index in [-0.39, 0.29) is 0 Å². The second kappa shape index (κ2) is 4.40.